The summed E-state index contributed by atoms with van der Waals surface area (Å²) in [6.07, 6.45) is 7.23. The van der Waals surface area contributed by atoms with Gasteiger partial charge in [-0.05, 0) is 43.0 Å². The summed E-state index contributed by atoms with van der Waals surface area (Å²) in [5.41, 5.74) is 2.39. The number of nitrogens with zero attached hydrogens (tertiary/aromatic N) is 3. The Morgan fingerprint density at radius 1 is 1.32 bits per heavy atom. The molecule has 0 amide bonds. The van der Waals surface area contributed by atoms with E-state index in [9.17, 15) is 0 Å². The van der Waals surface area contributed by atoms with Crippen LogP contribution in [0.1, 0.15) is 18.4 Å². The van der Waals surface area contributed by atoms with Gasteiger partial charge in [-0.15, -0.1) is 24.0 Å². The van der Waals surface area contributed by atoms with Gasteiger partial charge >= 0.3 is 0 Å². The van der Waals surface area contributed by atoms with Gasteiger partial charge in [0.15, 0.2) is 5.96 Å². The van der Waals surface area contributed by atoms with Gasteiger partial charge < -0.3 is 10.6 Å². The van der Waals surface area contributed by atoms with Crippen molar-refractivity contribution in [3.63, 3.8) is 0 Å². The molecule has 0 atom stereocenters. The number of nitrogens with one attached hydrogen (secondary N) is 2. The van der Waals surface area contributed by atoms with E-state index in [-0.39, 0.29) is 24.0 Å². The Hall–Kier alpha value is -1.57. The molecule has 1 saturated carbocycles. The molecule has 0 radical (unpaired) electrons. The predicted molar refractivity (Wildman–Crippen MR) is 100 cm³/mol. The van der Waals surface area contributed by atoms with Crippen LogP contribution in [0.5, 0.6) is 0 Å². The maximum absolute atomic E-state index is 4.23. The zero-order valence-electron chi connectivity index (χ0n) is 12.7. The van der Waals surface area contributed by atoms with Gasteiger partial charge in [-0.3, -0.25) is 4.99 Å². The van der Waals surface area contributed by atoms with Crippen LogP contribution in [0.4, 0.5) is 0 Å². The summed E-state index contributed by atoms with van der Waals surface area (Å²) in [4.78, 5) is 4.23. The molecule has 0 bridgehead atoms. The molecule has 1 aliphatic rings. The quantitative estimate of drug-likeness (QED) is 0.451. The molecule has 2 aromatic rings. The van der Waals surface area contributed by atoms with Gasteiger partial charge in [-0.2, -0.15) is 5.10 Å². The number of hydrogen-bond donors (Lipinski definition) is 2. The van der Waals surface area contributed by atoms with Crippen LogP contribution in [-0.4, -0.2) is 35.4 Å². The van der Waals surface area contributed by atoms with Gasteiger partial charge in [0.2, 0.25) is 0 Å². The molecular formula is C16H22IN5. The first kappa shape index (κ1) is 16.8. The minimum absolute atomic E-state index is 0. The van der Waals surface area contributed by atoms with Crippen molar-refractivity contribution < 1.29 is 0 Å². The van der Waals surface area contributed by atoms with Crippen molar-refractivity contribution in [1.29, 1.82) is 0 Å². The van der Waals surface area contributed by atoms with E-state index in [1.54, 1.807) is 6.20 Å². The van der Waals surface area contributed by atoms with Crippen molar-refractivity contribution in [2.45, 2.75) is 25.3 Å². The molecule has 6 heteroatoms. The molecule has 2 N–H and O–H groups in total. The zero-order chi connectivity index (χ0) is 14.5. The first-order valence-corrected chi connectivity index (χ1v) is 7.41. The highest BCUT2D eigenvalue weighted by Gasteiger charge is 2.21. The number of halogens is 1. The van der Waals surface area contributed by atoms with E-state index in [4.69, 9.17) is 0 Å². The van der Waals surface area contributed by atoms with Crippen LogP contribution < -0.4 is 10.6 Å². The van der Waals surface area contributed by atoms with E-state index >= 15 is 0 Å². The highest BCUT2D eigenvalue weighted by molar-refractivity contribution is 14.0. The summed E-state index contributed by atoms with van der Waals surface area (Å²) in [6, 6.07) is 11.0. The van der Waals surface area contributed by atoms with Gasteiger partial charge in [-0.1, -0.05) is 12.1 Å². The van der Waals surface area contributed by atoms with Gasteiger partial charge in [-0.25, -0.2) is 4.68 Å². The van der Waals surface area contributed by atoms with Crippen LogP contribution in [0, 0.1) is 0 Å². The van der Waals surface area contributed by atoms with Gasteiger partial charge in [0.25, 0.3) is 0 Å². The molecule has 1 aliphatic carbocycles. The molecule has 0 aliphatic heterocycles. The van der Waals surface area contributed by atoms with E-state index in [2.05, 4.69) is 45.0 Å². The highest BCUT2D eigenvalue weighted by Crippen LogP contribution is 2.18. The lowest BCUT2D eigenvalue weighted by Gasteiger charge is -2.11. The van der Waals surface area contributed by atoms with Crippen molar-refractivity contribution in [3.8, 4) is 5.69 Å². The summed E-state index contributed by atoms with van der Waals surface area (Å²) < 4.78 is 1.86. The first-order chi connectivity index (χ1) is 10.3. The Balaban J connectivity index is 0.00000176. The Morgan fingerprint density at radius 3 is 2.68 bits per heavy atom. The topological polar surface area (TPSA) is 54.2 Å². The van der Waals surface area contributed by atoms with Crippen molar-refractivity contribution in [3.05, 3.63) is 48.3 Å². The maximum Gasteiger partial charge on any atom is 0.191 e. The molecule has 0 spiro atoms. The first-order valence-electron chi connectivity index (χ1n) is 7.41. The van der Waals surface area contributed by atoms with Crippen molar-refractivity contribution in [2.24, 2.45) is 4.99 Å². The Labute approximate surface area is 148 Å². The zero-order valence-corrected chi connectivity index (χ0v) is 15.0. The molecule has 1 fully saturated rings. The van der Waals surface area contributed by atoms with E-state index in [0.717, 1.165) is 24.6 Å². The van der Waals surface area contributed by atoms with Crippen LogP contribution in [0.15, 0.2) is 47.7 Å². The fourth-order valence-electron chi connectivity index (χ4n) is 2.18. The second-order valence-electron chi connectivity index (χ2n) is 5.28. The molecular weight excluding hydrogens is 389 g/mol. The van der Waals surface area contributed by atoms with E-state index in [0.29, 0.717) is 6.04 Å². The van der Waals surface area contributed by atoms with E-state index in [1.807, 2.05) is 24.0 Å². The Bertz CT molecular complexity index is 588. The normalized spacial score (nSPS) is 14.3. The van der Waals surface area contributed by atoms with Crippen LogP contribution in [0.2, 0.25) is 0 Å². The van der Waals surface area contributed by atoms with E-state index in [1.165, 1.54) is 18.4 Å². The van der Waals surface area contributed by atoms with Crippen molar-refractivity contribution in [2.75, 3.05) is 13.6 Å². The van der Waals surface area contributed by atoms with Crippen LogP contribution in [0.25, 0.3) is 5.69 Å². The summed E-state index contributed by atoms with van der Waals surface area (Å²) in [6.45, 7) is 0.882. The summed E-state index contributed by atoms with van der Waals surface area (Å²) >= 11 is 0. The molecule has 1 aromatic heterocycles. The minimum atomic E-state index is 0. The lowest BCUT2D eigenvalue weighted by molar-refractivity contribution is 0.791. The van der Waals surface area contributed by atoms with Crippen LogP contribution in [-0.2, 0) is 6.42 Å². The standard InChI is InChI=1S/C16H21N5.HI/c1-17-16(20-14-5-6-14)18-11-9-13-3-7-15(8-4-13)21-12-2-10-19-21;/h2-4,7-8,10,12,14H,5-6,9,11H2,1H3,(H2,17,18,20);1H. The Kier molecular flexibility index (Phi) is 6.23. The molecule has 0 saturated heterocycles. The molecule has 22 heavy (non-hydrogen) atoms. The second-order valence-corrected chi connectivity index (χ2v) is 5.28. The van der Waals surface area contributed by atoms with Gasteiger partial charge in [0, 0.05) is 32.0 Å². The third-order valence-corrected chi connectivity index (χ3v) is 3.55. The maximum atomic E-state index is 4.23. The van der Waals surface area contributed by atoms with E-state index < -0.39 is 0 Å². The fourth-order valence-corrected chi connectivity index (χ4v) is 2.18. The average Bonchev–Trinajstić information content (AvgIpc) is 3.16. The predicted octanol–water partition coefficient (Wildman–Crippen LogP) is 2.36. The minimum Gasteiger partial charge on any atom is -0.356 e. The molecule has 1 aromatic carbocycles. The Morgan fingerprint density at radius 2 is 2.09 bits per heavy atom. The monoisotopic (exact) mass is 411 g/mol. The van der Waals surface area contributed by atoms with Gasteiger partial charge in [0.1, 0.15) is 0 Å². The summed E-state index contributed by atoms with van der Waals surface area (Å²) in [5, 5.41) is 11.0. The SMILES string of the molecule is CN=C(NCCc1ccc(-n2cccn2)cc1)NC1CC1.I. The number of rotatable bonds is 5. The third kappa shape index (κ3) is 4.72. The number of aliphatic imine (C=N–C) groups is 1. The number of aromatic nitrogens is 2. The lowest BCUT2D eigenvalue weighted by atomic mass is 10.1. The molecule has 0 unspecified atom stereocenters. The third-order valence-electron chi connectivity index (χ3n) is 3.55. The second kappa shape index (κ2) is 8.17. The fraction of sp³-hybridized carbons (Fsp3) is 0.375. The lowest BCUT2D eigenvalue weighted by Crippen LogP contribution is -2.39. The molecule has 5 nitrogen and oxygen atoms in total. The van der Waals surface area contributed by atoms with Crippen molar-refractivity contribution >= 4 is 29.9 Å². The van der Waals surface area contributed by atoms with Crippen molar-refractivity contribution in [1.82, 2.24) is 20.4 Å². The highest BCUT2D eigenvalue weighted by atomic mass is 127. The average molecular weight is 411 g/mol. The smallest absolute Gasteiger partial charge is 0.191 e. The van der Waals surface area contributed by atoms with Gasteiger partial charge in [0.05, 0.1) is 5.69 Å². The molecule has 3 rings (SSSR count). The van der Waals surface area contributed by atoms with Crippen LogP contribution in [0.3, 0.4) is 0 Å². The largest absolute Gasteiger partial charge is 0.356 e. The van der Waals surface area contributed by atoms with Crippen LogP contribution >= 0.6 is 24.0 Å². The molecule has 1 heterocycles. The molecule has 118 valence electrons. The summed E-state index contributed by atoms with van der Waals surface area (Å²) in [7, 11) is 1.82. The number of hydrogen-bond acceptors (Lipinski definition) is 2. The summed E-state index contributed by atoms with van der Waals surface area (Å²) in [5.74, 6) is 0.908. The number of benzene rings is 1. The number of guanidine groups is 1.